The van der Waals surface area contributed by atoms with Crippen LogP contribution in [0.2, 0.25) is 0 Å². The average Bonchev–Trinajstić information content (AvgIpc) is 3.19. The molecule has 0 bridgehead atoms. The van der Waals surface area contributed by atoms with Gasteiger partial charge in [0, 0.05) is 34.4 Å². The second kappa shape index (κ2) is 9.45. The van der Waals surface area contributed by atoms with Crippen LogP contribution in [0.15, 0.2) is 40.4 Å². The number of tetrazole rings is 1. The minimum Gasteiger partial charge on any atom is -0.506 e. The van der Waals surface area contributed by atoms with Crippen LogP contribution in [-0.2, 0) is 13.0 Å². The van der Waals surface area contributed by atoms with Crippen molar-refractivity contribution < 1.29 is 49.8 Å². The molecule has 0 atom stereocenters. The first kappa shape index (κ1) is 27.6. The first-order chi connectivity index (χ1) is 17.0. The Hall–Kier alpha value is -4.03. The third kappa shape index (κ3) is 5.11. The molecule has 2 aromatic carbocycles. The monoisotopic (exact) mass is 557 g/mol. The van der Waals surface area contributed by atoms with Gasteiger partial charge in [-0.15, -0.1) is 5.10 Å². The summed E-state index contributed by atoms with van der Waals surface area (Å²) >= 11 is 0.826. The standard InChI is InChI=1S/C18H12F8N8O2S/c1-33-15(30-31-32-33)37-12-3-2-8(34(27)28)6-9(12)14(36)29-13-10(19)4-7(5-11(13)35)16(20,21)17(22,23)18(24,25)26/h2-6H,27-28H2,1H3/p+1. The Kier molecular flexibility index (Phi) is 7.04. The maximum atomic E-state index is 14.5. The van der Waals surface area contributed by atoms with Crippen molar-refractivity contribution in [2.75, 3.05) is 5.32 Å². The first-order valence-corrected chi connectivity index (χ1v) is 10.3. The minimum atomic E-state index is -6.69. The number of amides is 1. The summed E-state index contributed by atoms with van der Waals surface area (Å²) in [5.41, 5.74) is 3.69. The Morgan fingerprint density at radius 1 is 1.16 bits per heavy atom. The zero-order chi connectivity index (χ0) is 27.9. The van der Waals surface area contributed by atoms with Crippen LogP contribution < -0.4 is 11.2 Å². The van der Waals surface area contributed by atoms with Gasteiger partial charge in [-0.05, 0) is 45.9 Å². The molecule has 19 heteroatoms. The number of hydrogen-bond acceptors (Lipinski definition) is 7. The third-order valence-electron chi connectivity index (χ3n) is 4.69. The number of nitrogens with zero attached hydrogens (tertiary/aromatic N) is 5. The topological polar surface area (TPSA) is 146 Å². The van der Waals surface area contributed by atoms with Gasteiger partial charge in [0.1, 0.15) is 11.4 Å². The molecule has 3 rings (SSSR count). The number of anilines is 1. The fourth-order valence-corrected chi connectivity index (χ4v) is 3.62. The van der Waals surface area contributed by atoms with Crippen molar-refractivity contribution in [3.8, 4) is 5.75 Å². The van der Waals surface area contributed by atoms with E-state index in [0.717, 1.165) is 17.8 Å². The normalized spacial score (nSPS) is 12.5. The average molecular weight is 557 g/mol. The molecule has 0 unspecified atom stereocenters. The first-order valence-electron chi connectivity index (χ1n) is 9.44. The van der Waals surface area contributed by atoms with Crippen LogP contribution in [0.3, 0.4) is 0 Å². The van der Waals surface area contributed by atoms with Gasteiger partial charge in [0.2, 0.25) is 5.16 Å². The molecule has 10 nitrogen and oxygen atoms in total. The second-order valence-corrected chi connectivity index (χ2v) is 8.20. The van der Waals surface area contributed by atoms with E-state index in [1.807, 2.05) is 5.32 Å². The van der Waals surface area contributed by atoms with Gasteiger partial charge in [-0.1, -0.05) is 0 Å². The third-order valence-corrected chi connectivity index (χ3v) is 5.79. The Balaban J connectivity index is 2.01. The Morgan fingerprint density at radius 3 is 2.32 bits per heavy atom. The molecule has 0 fully saturated rings. The van der Waals surface area contributed by atoms with E-state index in [1.54, 1.807) is 0 Å². The van der Waals surface area contributed by atoms with Crippen molar-refractivity contribution in [2.24, 2.45) is 12.9 Å². The summed E-state index contributed by atoms with van der Waals surface area (Å²) in [6.45, 7) is 0. The molecule has 1 amide bonds. The summed E-state index contributed by atoms with van der Waals surface area (Å²) in [7, 11) is 1.47. The summed E-state index contributed by atoms with van der Waals surface area (Å²) in [6.07, 6.45) is -6.69. The van der Waals surface area contributed by atoms with E-state index in [-0.39, 0.29) is 33.4 Å². The van der Waals surface area contributed by atoms with Gasteiger partial charge < -0.3 is 10.4 Å². The zero-order valence-electron chi connectivity index (χ0n) is 18.0. The maximum absolute atomic E-state index is 14.5. The van der Waals surface area contributed by atoms with Crippen molar-refractivity contribution in [2.45, 2.75) is 28.1 Å². The van der Waals surface area contributed by atoms with E-state index in [1.165, 1.54) is 23.9 Å². The van der Waals surface area contributed by atoms with Gasteiger partial charge in [0.25, 0.3) is 11.6 Å². The van der Waals surface area contributed by atoms with Gasteiger partial charge >= 0.3 is 18.0 Å². The Morgan fingerprint density at radius 2 is 1.81 bits per heavy atom. The molecule has 1 heterocycles. The van der Waals surface area contributed by atoms with Crippen LogP contribution in [0.4, 0.5) is 46.5 Å². The van der Waals surface area contributed by atoms with Crippen molar-refractivity contribution >= 4 is 29.0 Å². The number of phenolic OH excluding ortho intramolecular Hbond substituents is 1. The molecular formula is C18H13F8N8O2S+. The molecule has 0 radical (unpaired) electrons. The predicted octanol–water partition coefficient (Wildman–Crippen LogP) is 4.30. The van der Waals surface area contributed by atoms with Gasteiger partial charge in [-0.3, -0.25) is 4.79 Å². The maximum Gasteiger partial charge on any atom is 0.460 e. The van der Waals surface area contributed by atoms with E-state index in [0.29, 0.717) is 4.81 Å². The summed E-state index contributed by atoms with van der Waals surface area (Å²) in [4.78, 5) is 13.4. The number of carbonyl (C=O) groups excluding carboxylic acids is 1. The number of halogens is 8. The predicted molar refractivity (Wildman–Crippen MR) is 107 cm³/mol. The number of phenols is 1. The van der Waals surface area contributed by atoms with Gasteiger partial charge in [-0.25, -0.2) is 9.07 Å². The fraction of sp³-hybridized carbons (Fsp3) is 0.222. The number of aromatic hydroxyl groups is 1. The van der Waals surface area contributed by atoms with E-state index in [2.05, 4.69) is 15.5 Å². The lowest BCUT2D eigenvalue weighted by molar-refractivity contribution is -0.547. The molecular weight excluding hydrogens is 544 g/mol. The molecule has 0 saturated heterocycles. The lowest BCUT2D eigenvalue weighted by Gasteiger charge is -2.28. The number of alkyl halides is 7. The Labute approximate surface area is 204 Å². The van der Waals surface area contributed by atoms with Crippen LogP contribution in [0, 0.1) is 11.3 Å². The number of hydrazine groups is 1. The number of rotatable bonds is 7. The SMILES string of the molecule is Cn1nnnc1Sc1ccc([N+](=N)N)cc1C(=O)Nc1c(O)cc(C(F)(F)C(F)(F)C(F)(F)F)cc1F. The zero-order valence-corrected chi connectivity index (χ0v) is 18.8. The van der Waals surface area contributed by atoms with Crippen LogP contribution in [0.1, 0.15) is 15.9 Å². The highest BCUT2D eigenvalue weighted by Gasteiger charge is 2.73. The van der Waals surface area contributed by atoms with Crippen molar-refractivity contribution in [3.05, 3.63) is 47.3 Å². The molecule has 3 aromatic rings. The van der Waals surface area contributed by atoms with Crippen LogP contribution in [0.5, 0.6) is 5.75 Å². The van der Waals surface area contributed by atoms with Crippen molar-refractivity contribution in [3.63, 3.8) is 0 Å². The minimum absolute atomic E-state index is 0.0559. The number of carbonyl (C=O) groups is 1. The second-order valence-electron chi connectivity index (χ2n) is 7.19. The summed E-state index contributed by atoms with van der Waals surface area (Å²) in [6, 6.07) is 3.05. The quantitative estimate of drug-likeness (QED) is 0.0847. The number of nitrogens with one attached hydrogen (secondary N) is 2. The number of benzene rings is 2. The van der Waals surface area contributed by atoms with Gasteiger partial charge in [-0.2, -0.15) is 36.6 Å². The Bertz CT molecular complexity index is 1350. The molecule has 0 aliphatic heterocycles. The summed E-state index contributed by atoms with van der Waals surface area (Å²) < 4.78 is 108. The molecule has 1 aromatic heterocycles. The summed E-state index contributed by atoms with van der Waals surface area (Å²) in [5, 5.41) is 22.6. The van der Waals surface area contributed by atoms with Crippen LogP contribution in [-0.4, -0.2) is 48.1 Å². The van der Waals surface area contributed by atoms with E-state index < -0.39 is 46.7 Å². The lowest BCUT2D eigenvalue weighted by atomic mass is 10.0. The van der Waals surface area contributed by atoms with Crippen LogP contribution >= 0.6 is 11.8 Å². The molecule has 5 N–H and O–H groups in total. The largest absolute Gasteiger partial charge is 0.506 e. The summed E-state index contributed by atoms with van der Waals surface area (Å²) in [5.74, 6) is -12.0. The van der Waals surface area contributed by atoms with Gasteiger partial charge in [0.15, 0.2) is 5.82 Å². The van der Waals surface area contributed by atoms with E-state index in [9.17, 15) is 45.0 Å². The van der Waals surface area contributed by atoms with Gasteiger partial charge in [0.05, 0.1) is 5.56 Å². The van der Waals surface area contributed by atoms with Crippen molar-refractivity contribution in [1.82, 2.24) is 20.2 Å². The molecule has 198 valence electrons. The van der Waals surface area contributed by atoms with Crippen LogP contribution in [0.25, 0.3) is 0 Å². The highest BCUT2D eigenvalue weighted by Crippen LogP contribution is 2.52. The molecule has 37 heavy (non-hydrogen) atoms. The molecule has 0 saturated carbocycles. The number of nitrogens with two attached hydrogens (primary N) is 1. The number of hydrogen-bond donors (Lipinski definition) is 4. The lowest BCUT2D eigenvalue weighted by Crippen LogP contribution is -2.50. The molecule has 0 spiro atoms. The molecule has 0 aliphatic carbocycles. The number of aromatic nitrogens is 4. The number of aryl methyl sites for hydroxylation is 1. The fourth-order valence-electron chi connectivity index (χ4n) is 2.78. The van der Waals surface area contributed by atoms with E-state index >= 15 is 0 Å². The highest BCUT2D eigenvalue weighted by molar-refractivity contribution is 7.99. The van der Waals surface area contributed by atoms with Crippen molar-refractivity contribution in [1.29, 1.82) is 5.53 Å². The van der Waals surface area contributed by atoms with E-state index in [4.69, 9.17) is 11.4 Å². The molecule has 0 aliphatic rings. The smallest absolute Gasteiger partial charge is 0.460 e. The highest BCUT2D eigenvalue weighted by atomic mass is 32.2.